The van der Waals surface area contributed by atoms with Gasteiger partial charge in [0.1, 0.15) is 10.7 Å². The van der Waals surface area contributed by atoms with Gasteiger partial charge in [0.25, 0.3) is 0 Å². The van der Waals surface area contributed by atoms with Crippen molar-refractivity contribution in [3.63, 3.8) is 0 Å². The molecule has 1 amide bonds. The van der Waals surface area contributed by atoms with Crippen molar-refractivity contribution in [1.29, 1.82) is 0 Å². The normalized spacial score (nSPS) is 15.6. The Kier molecular flexibility index (Phi) is 9.27. The van der Waals surface area contributed by atoms with Gasteiger partial charge in [-0.05, 0) is 11.8 Å². The third-order valence-electron chi connectivity index (χ3n) is 5.42. The van der Waals surface area contributed by atoms with E-state index in [2.05, 4.69) is 32.7 Å². The van der Waals surface area contributed by atoms with E-state index in [1.807, 2.05) is 14.0 Å². The lowest BCUT2D eigenvalue weighted by Gasteiger charge is -2.36. The molecule has 0 N–H and O–H groups in total. The summed E-state index contributed by atoms with van der Waals surface area (Å²) < 4.78 is 5.53. The van der Waals surface area contributed by atoms with Gasteiger partial charge in [-0.3, -0.25) is 14.4 Å². The van der Waals surface area contributed by atoms with Crippen LogP contribution in [-0.4, -0.2) is 40.6 Å². The van der Waals surface area contributed by atoms with Gasteiger partial charge in [-0.1, -0.05) is 41.0 Å². The molecular formula is C21H34N2O4S. The van der Waals surface area contributed by atoms with E-state index in [0.717, 1.165) is 6.42 Å². The van der Waals surface area contributed by atoms with Crippen LogP contribution in [0.4, 0.5) is 0 Å². The van der Waals surface area contributed by atoms with Gasteiger partial charge < -0.3 is 9.64 Å². The van der Waals surface area contributed by atoms with Gasteiger partial charge in [0.2, 0.25) is 5.91 Å². The van der Waals surface area contributed by atoms with Gasteiger partial charge in [0.05, 0.1) is 0 Å². The minimum atomic E-state index is -0.586. The van der Waals surface area contributed by atoms with Crippen molar-refractivity contribution in [2.24, 2.45) is 17.8 Å². The molecule has 1 heterocycles. The Bertz CT molecular complexity index is 686. The molecular weight excluding hydrogens is 376 g/mol. The number of carbonyl (C=O) groups excluding carboxylic acids is 3. The van der Waals surface area contributed by atoms with Gasteiger partial charge in [0, 0.05) is 44.7 Å². The van der Waals surface area contributed by atoms with Gasteiger partial charge in [-0.2, -0.15) is 0 Å². The molecule has 28 heavy (non-hydrogen) atoms. The van der Waals surface area contributed by atoms with Crippen molar-refractivity contribution in [1.82, 2.24) is 9.88 Å². The van der Waals surface area contributed by atoms with Crippen LogP contribution in [0.2, 0.25) is 0 Å². The summed E-state index contributed by atoms with van der Waals surface area (Å²) in [7, 11) is 1.82. The Morgan fingerprint density at radius 1 is 1.18 bits per heavy atom. The van der Waals surface area contributed by atoms with E-state index in [9.17, 15) is 14.4 Å². The van der Waals surface area contributed by atoms with E-state index < -0.39 is 12.1 Å². The molecule has 0 bridgehead atoms. The molecule has 0 aliphatic heterocycles. The van der Waals surface area contributed by atoms with Gasteiger partial charge >= 0.3 is 5.97 Å². The summed E-state index contributed by atoms with van der Waals surface area (Å²) in [5.41, 5.74) is 0.369. The number of hydrogen-bond donors (Lipinski definition) is 0. The SMILES string of the molecule is CC[C@H](C)[C@H](C)C(=O)N(C)[C@H](C[C@@H](OC(C)=O)c1nc(C(C)=O)cs1)C(C)C. The van der Waals surface area contributed by atoms with Crippen LogP contribution in [-0.2, 0) is 14.3 Å². The second-order valence-electron chi connectivity index (χ2n) is 7.90. The van der Waals surface area contributed by atoms with Gasteiger partial charge in [0.15, 0.2) is 11.9 Å². The monoisotopic (exact) mass is 410 g/mol. The number of nitrogens with zero attached hydrogens (tertiary/aromatic N) is 2. The molecule has 0 aromatic carbocycles. The number of thiazole rings is 1. The second-order valence-corrected chi connectivity index (χ2v) is 8.79. The Labute approximate surface area is 172 Å². The lowest BCUT2D eigenvalue weighted by atomic mass is 9.90. The molecule has 1 aromatic heterocycles. The van der Waals surface area contributed by atoms with E-state index in [1.165, 1.54) is 25.2 Å². The lowest BCUT2D eigenvalue weighted by molar-refractivity contribution is -0.149. The van der Waals surface area contributed by atoms with Crippen molar-refractivity contribution < 1.29 is 19.1 Å². The molecule has 1 rings (SSSR count). The highest BCUT2D eigenvalue weighted by atomic mass is 32.1. The molecule has 7 heteroatoms. The van der Waals surface area contributed by atoms with Crippen LogP contribution in [0.25, 0.3) is 0 Å². The zero-order valence-corrected chi connectivity index (χ0v) is 19.1. The fourth-order valence-electron chi connectivity index (χ4n) is 3.18. The van der Waals surface area contributed by atoms with E-state index >= 15 is 0 Å². The maximum Gasteiger partial charge on any atom is 0.303 e. The molecule has 4 atom stereocenters. The first-order chi connectivity index (χ1) is 13.0. The summed E-state index contributed by atoms with van der Waals surface area (Å²) in [5.74, 6) is -0.0496. The molecule has 158 valence electrons. The predicted molar refractivity (Wildman–Crippen MR) is 111 cm³/mol. The number of Topliss-reactive ketones (excluding diaryl/α,β-unsaturated/α-hetero) is 1. The van der Waals surface area contributed by atoms with E-state index in [4.69, 9.17) is 4.74 Å². The maximum atomic E-state index is 13.0. The molecule has 0 unspecified atom stereocenters. The predicted octanol–water partition coefficient (Wildman–Crippen LogP) is 4.51. The van der Waals surface area contributed by atoms with Crippen LogP contribution in [0.15, 0.2) is 5.38 Å². The van der Waals surface area contributed by atoms with Crippen molar-refractivity contribution in [2.45, 2.75) is 73.5 Å². The Morgan fingerprint density at radius 2 is 1.79 bits per heavy atom. The molecule has 0 spiro atoms. The fourth-order valence-corrected chi connectivity index (χ4v) is 4.07. The molecule has 0 saturated heterocycles. The molecule has 0 aliphatic rings. The Hall–Kier alpha value is -1.76. The van der Waals surface area contributed by atoms with Crippen LogP contribution in [0.3, 0.4) is 0 Å². The van der Waals surface area contributed by atoms with Crippen LogP contribution in [0.1, 0.15) is 82.9 Å². The summed E-state index contributed by atoms with van der Waals surface area (Å²) >= 11 is 1.30. The van der Waals surface area contributed by atoms with Crippen molar-refractivity contribution >= 4 is 29.0 Å². The van der Waals surface area contributed by atoms with Crippen LogP contribution in [0.5, 0.6) is 0 Å². The number of ether oxygens (including phenoxy) is 1. The number of carbonyl (C=O) groups is 3. The summed E-state index contributed by atoms with van der Waals surface area (Å²) in [6.07, 6.45) is 0.797. The minimum absolute atomic E-state index is 0.0763. The van der Waals surface area contributed by atoms with E-state index in [-0.39, 0.29) is 29.6 Å². The van der Waals surface area contributed by atoms with Crippen LogP contribution in [0, 0.1) is 17.8 Å². The number of hydrogen-bond acceptors (Lipinski definition) is 6. The first-order valence-electron chi connectivity index (χ1n) is 9.89. The largest absolute Gasteiger partial charge is 0.455 e. The number of rotatable bonds is 10. The molecule has 1 aromatic rings. The highest BCUT2D eigenvalue weighted by Crippen LogP contribution is 2.31. The van der Waals surface area contributed by atoms with Crippen LogP contribution >= 0.6 is 11.3 Å². The molecule has 0 fully saturated rings. The zero-order valence-electron chi connectivity index (χ0n) is 18.3. The Morgan fingerprint density at radius 3 is 2.21 bits per heavy atom. The number of ketones is 1. The summed E-state index contributed by atoms with van der Waals surface area (Å²) in [6.45, 7) is 13.1. The molecule has 0 radical (unpaired) electrons. The highest BCUT2D eigenvalue weighted by Gasteiger charge is 2.32. The maximum absolute atomic E-state index is 13.0. The van der Waals surface area contributed by atoms with Crippen molar-refractivity contribution in [3.8, 4) is 0 Å². The first kappa shape index (κ1) is 24.3. The summed E-state index contributed by atoms with van der Waals surface area (Å²) in [6, 6.07) is -0.118. The van der Waals surface area contributed by atoms with Crippen LogP contribution < -0.4 is 0 Å². The minimum Gasteiger partial charge on any atom is -0.455 e. The zero-order chi connectivity index (χ0) is 21.6. The van der Waals surface area contributed by atoms with E-state index in [1.54, 1.807) is 10.3 Å². The van der Waals surface area contributed by atoms with E-state index in [0.29, 0.717) is 23.0 Å². The molecule has 6 nitrogen and oxygen atoms in total. The average molecular weight is 411 g/mol. The topological polar surface area (TPSA) is 76.6 Å². The highest BCUT2D eigenvalue weighted by molar-refractivity contribution is 7.09. The van der Waals surface area contributed by atoms with Gasteiger partial charge in [-0.25, -0.2) is 4.98 Å². The smallest absolute Gasteiger partial charge is 0.303 e. The number of esters is 1. The number of amides is 1. The molecule has 0 saturated carbocycles. The van der Waals surface area contributed by atoms with Gasteiger partial charge in [-0.15, -0.1) is 11.3 Å². The fraction of sp³-hybridized carbons (Fsp3) is 0.714. The summed E-state index contributed by atoms with van der Waals surface area (Å²) in [4.78, 5) is 42.4. The average Bonchev–Trinajstić information content (AvgIpc) is 3.12. The standard InChI is InChI=1S/C21H34N2O4S/c1-9-13(4)14(5)21(26)23(8)18(12(2)3)10-19(27-16(7)25)20-22-17(11-28-20)15(6)24/h11-14,18-19H,9-10H2,1-8H3/t13-,14-,18+,19+/m0/s1. The third kappa shape index (κ3) is 6.40. The third-order valence-corrected chi connectivity index (χ3v) is 6.36. The molecule has 0 aliphatic carbocycles. The quantitative estimate of drug-likeness (QED) is 0.419. The number of aromatic nitrogens is 1. The lowest BCUT2D eigenvalue weighted by Crippen LogP contribution is -2.45. The van der Waals surface area contributed by atoms with Crippen molar-refractivity contribution in [2.75, 3.05) is 7.05 Å². The second kappa shape index (κ2) is 10.7. The summed E-state index contributed by atoms with van der Waals surface area (Å²) in [5, 5.41) is 2.26. The first-order valence-corrected chi connectivity index (χ1v) is 10.8. The Balaban J connectivity index is 3.10. The van der Waals surface area contributed by atoms with Crippen molar-refractivity contribution in [3.05, 3.63) is 16.1 Å².